The van der Waals surface area contributed by atoms with Crippen molar-refractivity contribution in [3.8, 4) is 28.3 Å². The fourth-order valence-corrected chi connectivity index (χ4v) is 3.64. The van der Waals surface area contributed by atoms with E-state index in [-0.39, 0.29) is 29.0 Å². The molecule has 1 aliphatic rings. The molecule has 0 aliphatic heterocycles. The maximum Gasteiger partial charge on any atom is 0.273 e. The van der Waals surface area contributed by atoms with Crippen LogP contribution in [0.15, 0.2) is 55.1 Å². The first kappa shape index (κ1) is 19.5. The Morgan fingerprint density at radius 2 is 1.94 bits per heavy atom. The zero-order valence-corrected chi connectivity index (χ0v) is 19.2. The van der Waals surface area contributed by atoms with Gasteiger partial charge in [-0.25, -0.2) is 9.97 Å². The summed E-state index contributed by atoms with van der Waals surface area (Å²) >= 11 is 0. The quantitative estimate of drug-likeness (QED) is 0.296. The number of para-hydroxylation sites is 1. The Labute approximate surface area is 211 Å². The van der Waals surface area contributed by atoms with E-state index in [2.05, 4.69) is 35.8 Å². The van der Waals surface area contributed by atoms with E-state index < -0.39 is 12.9 Å². The molecule has 4 aromatic rings. The van der Waals surface area contributed by atoms with Crippen LogP contribution in [0.2, 0.25) is 0 Å². The van der Waals surface area contributed by atoms with Crippen molar-refractivity contribution < 1.29 is 18.4 Å². The molecular weight excluding hydrogens is 460 g/mol. The van der Waals surface area contributed by atoms with Crippen LogP contribution in [-0.2, 0) is 4.79 Å². The number of hydrogen-bond acceptors (Lipinski definition) is 8. The van der Waals surface area contributed by atoms with Crippen molar-refractivity contribution in [1.29, 1.82) is 0 Å². The highest BCUT2D eigenvalue weighted by Crippen LogP contribution is 2.37. The molecule has 182 valence electrons. The van der Waals surface area contributed by atoms with Gasteiger partial charge in [-0.15, -0.1) is 10.2 Å². The number of nitrogens with one attached hydrogen (secondary N) is 4. The largest absolute Gasteiger partial charge is 0.494 e. The van der Waals surface area contributed by atoms with Gasteiger partial charge in [0.05, 0.1) is 24.0 Å². The minimum Gasteiger partial charge on any atom is -0.494 e. The second kappa shape index (κ2) is 9.82. The SMILES string of the molecule is [2H]C([2H])([2H])NC(=O)c1nnc(NC(=O)C2CC2)cc1Nc1cccc(-c2ncc(-c3cc[nH]c3)cn2)c1OC. The number of ether oxygens (including phenoxy) is 1. The van der Waals surface area contributed by atoms with Crippen molar-refractivity contribution in [3.05, 3.63) is 60.8 Å². The van der Waals surface area contributed by atoms with Crippen LogP contribution in [0, 0.1) is 5.92 Å². The van der Waals surface area contributed by atoms with Gasteiger partial charge in [-0.3, -0.25) is 9.59 Å². The van der Waals surface area contributed by atoms with Gasteiger partial charge in [0.15, 0.2) is 23.1 Å². The second-order valence-corrected chi connectivity index (χ2v) is 8.12. The van der Waals surface area contributed by atoms with Gasteiger partial charge in [0.2, 0.25) is 5.91 Å². The monoisotopic (exact) mass is 487 g/mol. The smallest absolute Gasteiger partial charge is 0.273 e. The van der Waals surface area contributed by atoms with Crippen molar-refractivity contribution in [1.82, 2.24) is 30.5 Å². The first-order valence-electron chi connectivity index (χ1n) is 12.6. The molecule has 1 fully saturated rings. The third kappa shape index (κ3) is 4.71. The van der Waals surface area contributed by atoms with Crippen molar-refractivity contribution in [2.24, 2.45) is 5.92 Å². The van der Waals surface area contributed by atoms with Crippen LogP contribution >= 0.6 is 0 Å². The number of benzene rings is 1. The number of hydrogen-bond donors (Lipinski definition) is 4. The van der Waals surface area contributed by atoms with Crippen LogP contribution < -0.4 is 20.7 Å². The van der Waals surface area contributed by atoms with E-state index in [9.17, 15) is 9.59 Å². The Hall–Kier alpha value is -4.80. The molecule has 2 amide bonds. The van der Waals surface area contributed by atoms with E-state index >= 15 is 0 Å². The van der Waals surface area contributed by atoms with Gasteiger partial charge in [0.1, 0.15) is 0 Å². The molecule has 36 heavy (non-hydrogen) atoms. The summed E-state index contributed by atoms with van der Waals surface area (Å²) in [6.07, 6.45) is 8.63. The minimum absolute atomic E-state index is 0.0813. The summed E-state index contributed by atoms with van der Waals surface area (Å²) in [5, 5.41) is 15.5. The van der Waals surface area contributed by atoms with E-state index in [4.69, 9.17) is 8.85 Å². The molecule has 3 aromatic heterocycles. The zero-order chi connectivity index (χ0) is 27.6. The first-order chi connectivity index (χ1) is 18.7. The molecule has 0 bridgehead atoms. The van der Waals surface area contributed by atoms with Crippen LogP contribution in [0.3, 0.4) is 0 Å². The number of aromatic amines is 1. The summed E-state index contributed by atoms with van der Waals surface area (Å²) in [4.78, 5) is 37.0. The Bertz CT molecular complexity index is 1500. The fourth-order valence-electron chi connectivity index (χ4n) is 3.64. The van der Waals surface area contributed by atoms with Crippen LogP contribution in [0.5, 0.6) is 5.75 Å². The maximum atomic E-state index is 12.7. The summed E-state index contributed by atoms with van der Waals surface area (Å²) in [6, 6.07) is 8.55. The van der Waals surface area contributed by atoms with Crippen LogP contribution in [0.1, 0.15) is 27.4 Å². The molecule has 0 radical (unpaired) electrons. The summed E-state index contributed by atoms with van der Waals surface area (Å²) in [6.45, 7) is -2.74. The molecule has 0 spiro atoms. The lowest BCUT2D eigenvalue weighted by Crippen LogP contribution is -2.22. The van der Waals surface area contributed by atoms with Crippen molar-refractivity contribution in [3.63, 3.8) is 0 Å². The van der Waals surface area contributed by atoms with Gasteiger partial charge >= 0.3 is 0 Å². The number of carbonyl (C=O) groups excluding carboxylic acids is 2. The topological polar surface area (TPSA) is 147 Å². The molecule has 11 nitrogen and oxygen atoms in total. The van der Waals surface area contributed by atoms with Crippen molar-refractivity contribution in [2.45, 2.75) is 12.8 Å². The molecule has 0 unspecified atom stereocenters. The van der Waals surface area contributed by atoms with Crippen molar-refractivity contribution in [2.75, 3.05) is 24.7 Å². The van der Waals surface area contributed by atoms with Crippen LogP contribution in [0.4, 0.5) is 17.2 Å². The average Bonchev–Trinajstić information content (AvgIpc) is 3.62. The predicted molar refractivity (Wildman–Crippen MR) is 134 cm³/mol. The second-order valence-electron chi connectivity index (χ2n) is 8.12. The molecular formula is C25H24N8O3. The van der Waals surface area contributed by atoms with Crippen molar-refractivity contribution >= 4 is 29.0 Å². The fraction of sp³-hybridized carbons (Fsp3) is 0.200. The molecule has 1 aliphatic carbocycles. The van der Waals surface area contributed by atoms with Gasteiger partial charge < -0.3 is 25.7 Å². The molecule has 0 atom stereocenters. The van der Waals surface area contributed by atoms with E-state index in [1.807, 2.05) is 23.8 Å². The highest BCUT2D eigenvalue weighted by Gasteiger charge is 2.30. The number of aromatic nitrogens is 5. The summed E-state index contributed by atoms with van der Waals surface area (Å²) in [7, 11) is 1.48. The molecule has 5 rings (SSSR count). The lowest BCUT2D eigenvalue weighted by molar-refractivity contribution is -0.117. The van der Waals surface area contributed by atoms with E-state index in [1.165, 1.54) is 13.2 Å². The zero-order valence-electron chi connectivity index (χ0n) is 22.2. The average molecular weight is 488 g/mol. The maximum absolute atomic E-state index is 12.7. The Balaban J connectivity index is 1.49. The molecule has 4 N–H and O–H groups in total. The molecule has 0 saturated heterocycles. The number of anilines is 3. The minimum atomic E-state index is -2.74. The highest BCUT2D eigenvalue weighted by molar-refractivity contribution is 6.00. The van der Waals surface area contributed by atoms with Gasteiger partial charge in [0, 0.05) is 59.0 Å². The van der Waals surface area contributed by atoms with E-state index in [0.717, 1.165) is 24.0 Å². The number of carbonyl (C=O) groups is 2. The number of methoxy groups -OCH3 is 1. The van der Waals surface area contributed by atoms with E-state index in [1.54, 1.807) is 30.6 Å². The predicted octanol–water partition coefficient (Wildman–Crippen LogP) is 3.39. The number of amides is 2. The molecule has 3 heterocycles. The summed E-state index contributed by atoms with van der Waals surface area (Å²) in [5.74, 6) is -0.366. The number of rotatable bonds is 8. The van der Waals surface area contributed by atoms with Crippen LogP contribution in [0.25, 0.3) is 22.5 Å². The van der Waals surface area contributed by atoms with Gasteiger partial charge in [-0.05, 0) is 31.0 Å². The normalized spacial score (nSPS) is 14.2. The standard InChI is InChI=1S/C25H24N8O3/c1-26-25(35)21-19(10-20(32-33-21)31-24(34)14-6-7-14)30-18-5-3-4-17(22(18)36-2)23-28-12-16(13-29-23)15-8-9-27-11-15/h3-5,8-14,27H,6-7H2,1-2H3,(H,26,35)(H2,30,31,32,34)/i1D3. The number of nitrogens with zero attached hydrogens (tertiary/aromatic N) is 4. The molecule has 1 saturated carbocycles. The first-order valence-corrected chi connectivity index (χ1v) is 11.1. The van der Waals surface area contributed by atoms with Gasteiger partial charge in [0.25, 0.3) is 5.91 Å². The molecule has 1 aromatic carbocycles. The third-order valence-corrected chi connectivity index (χ3v) is 5.63. The lowest BCUT2D eigenvalue weighted by atomic mass is 10.1. The highest BCUT2D eigenvalue weighted by atomic mass is 16.5. The Morgan fingerprint density at radius 3 is 2.64 bits per heavy atom. The Kier molecular flexibility index (Phi) is 5.32. The number of H-pyrrole nitrogens is 1. The van der Waals surface area contributed by atoms with Gasteiger partial charge in [-0.2, -0.15) is 0 Å². The summed E-state index contributed by atoms with van der Waals surface area (Å²) in [5.41, 5.74) is 2.60. The summed E-state index contributed by atoms with van der Waals surface area (Å²) < 4.78 is 27.8. The van der Waals surface area contributed by atoms with E-state index in [0.29, 0.717) is 22.8 Å². The Morgan fingerprint density at radius 1 is 1.11 bits per heavy atom. The van der Waals surface area contributed by atoms with Gasteiger partial charge in [-0.1, -0.05) is 6.07 Å². The van der Waals surface area contributed by atoms with Crippen LogP contribution in [-0.4, -0.2) is 51.0 Å². The molecule has 11 heteroatoms. The lowest BCUT2D eigenvalue weighted by Gasteiger charge is -2.16. The third-order valence-electron chi connectivity index (χ3n) is 5.63.